The van der Waals surface area contributed by atoms with E-state index in [0.717, 1.165) is 5.57 Å². The summed E-state index contributed by atoms with van der Waals surface area (Å²) in [6.07, 6.45) is 1.55. The first-order chi connectivity index (χ1) is 5.54. The zero-order chi connectivity index (χ0) is 9.72. The molecule has 0 unspecified atom stereocenters. The van der Waals surface area contributed by atoms with E-state index < -0.39 is 0 Å². The van der Waals surface area contributed by atoms with Crippen LogP contribution in [0.15, 0.2) is 35.6 Å². The predicted molar refractivity (Wildman–Crippen MR) is 54.1 cm³/mol. The smallest absolute Gasteiger partial charge is 0.140 e. The first-order valence-corrected chi connectivity index (χ1v) is 4.17. The zero-order valence-corrected chi connectivity index (χ0v) is 8.61. The maximum absolute atomic E-state index is 5.85. The van der Waals surface area contributed by atoms with Crippen LogP contribution in [-0.2, 0) is 4.74 Å². The van der Waals surface area contributed by atoms with Crippen molar-refractivity contribution in [2.75, 3.05) is 7.11 Å². The van der Waals surface area contributed by atoms with Gasteiger partial charge in [0.15, 0.2) is 0 Å². The Morgan fingerprint density at radius 1 is 1.50 bits per heavy atom. The summed E-state index contributed by atoms with van der Waals surface area (Å²) < 4.78 is 5.10. The molecule has 0 rings (SSSR count). The molecule has 0 saturated heterocycles. The summed E-state index contributed by atoms with van der Waals surface area (Å²) >= 11 is 5.85. The van der Waals surface area contributed by atoms with Gasteiger partial charge in [0.25, 0.3) is 0 Å². The molecule has 1 nitrogen and oxygen atoms in total. The monoisotopic (exact) mass is 186 g/mol. The lowest BCUT2D eigenvalue weighted by Gasteiger charge is -2.13. The van der Waals surface area contributed by atoms with E-state index >= 15 is 0 Å². The molecule has 2 heteroatoms. The van der Waals surface area contributed by atoms with Crippen molar-refractivity contribution < 1.29 is 4.74 Å². The second-order valence-corrected chi connectivity index (χ2v) is 3.17. The molecule has 12 heavy (non-hydrogen) atoms. The molecule has 0 aliphatic carbocycles. The van der Waals surface area contributed by atoms with Gasteiger partial charge in [-0.2, -0.15) is 0 Å². The predicted octanol–water partition coefficient (Wildman–Crippen LogP) is 3.48. The fourth-order valence-electron chi connectivity index (χ4n) is 0.737. The molecule has 0 aromatic heterocycles. The van der Waals surface area contributed by atoms with E-state index in [1.165, 1.54) is 0 Å². The van der Waals surface area contributed by atoms with Crippen LogP contribution >= 0.6 is 11.6 Å². The number of methoxy groups -OCH3 is 1. The van der Waals surface area contributed by atoms with E-state index in [9.17, 15) is 0 Å². The second-order valence-electron chi connectivity index (χ2n) is 2.77. The Morgan fingerprint density at radius 3 is 2.25 bits per heavy atom. The van der Waals surface area contributed by atoms with Crippen LogP contribution < -0.4 is 0 Å². The Bertz CT molecular complexity index is 214. The van der Waals surface area contributed by atoms with E-state index in [2.05, 4.69) is 13.2 Å². The summed E-state index contributed by atoms with van der Waals surface area (Å²) in [5.41, 5.74) is 0.891. The van der Waals surface area contributed by atoms with Crippen molar-refractivity contribution in [1.29, 1.82) is 0 Å². The van der Waals surface area contributed by atoms with Crippen LogP contribution in [0, 0.1) is 5.92 Å². The lowest BCUT2D eigenvalue weighted by molar-refractivity contribution is 0.293. The van der Waals surface area contributed by atoms with Crippen molar-refractivity contribution in [2.45, 2.75) is 13.8 Å². The molecule has 0 aromatic rings. The van der Waals surface area contributed by atoms with Gasteiger partial charge in [0.05, 0.1) is 12.1 Å². The van der Waals surface area contributed by atoms with Gasteiger partial charge >= 0.3 is 0 Å². The highest BCUT2D eigenvalue weighted by molar-refractivity contribution is 6.31. The largest absolute Gasteiger partial charge is 0.495 e. The Hall–Kier alpha value is -0.690. The molecule has 0 aromatic carbocycles. The summed E-state index contributed by atoms with van der Waals surface area (Å²) in [6.45, 7) is 11.5. The Morgan fingerprint density at radius 2 is 2.00 bits per heavy atom. The Kier molecular flexibility index (Phi) is 4.75. The van der Waals surface area contributed by atoms with E-state index in [0.29, 0.717) is 16.7 Å². The molecule has 0 atom stereocenters. The van der Waals surface area contributed by atoms with Crippen molar-refractivity contribution >= 4 is 11.6 Å². The third-order valence-electron chi connectivity index (χ3n) is 1.59. The summed E-state index contributed by atoms with van der Waals surface area (Å²) in [5.74, 6) is 0.954. The average molecular weight is 187 g/mol. The van der Waals surface area contributed by atoms with Crippen LogP contribution in [0.2, 0.25) is 0 Å². The Labute approximate surface area is 79.4 Å². The number of hydrogen-bond acceptors (Lipinski definition) is 1. The van der Waals surface area contributed by atoms with Gasteiger partial charge in [-0.05, 0) is 17.6 Å². The molecule has 0 bridgehead atoms. The molecule has 0 fully saturated rings. The van der Waals surface area contributed by atoms with Gasteiger partial charge in [0.1, 0.15) is 5.76 Å². The highest BCUT2D eigenvalue weighted by atomic mass is 35.5. The maximum atomic E-state index is 5.85. The fraction of sp³-hybridized carbons (Fsp3) is 0.400. The van der Waals surface area contributed by atoms with Gasteiger partial charge in [-0.1, -0.05) is 38.6 Å². The molecule has 68 valence electrons. The highest BCUT2D eigenvalue weighted by Gasteiger charge is 2.10. The van der Waals surface area contributed by atoms with E-state index in [4.69, 9.17) is 16.3 Å². The van der Waals surface area contributed by atoms with Crippen LogP contribution in [0.3, 0.4) is 0 Å². The normalized spacial score (nSPS) is 12.4. The van der Waals surface area contributed by atoms with Crippen molar-refractivity contribution in [1.82, 2.24) is 0 Å². The standard InChI is InChI=1S/C10H15ClO/c1-6-9(11)10(12-5)8(4)7(2)3/h6-7H,1,4H2,2-3,5H3/b10-9-. The lowest BCUT2D eigenvalue weighted by Crippen LogP contribution is -1.99. The van der Waals surface area contributed by atoms with Crippen LogP contribution in [0.1, 0.15) is 13.8 Å². The Balaban J connectivity index is 4.79. The minimum absolute atomic E-state index is 0.327. The van der Waals surface area contributed by atoms with Gasteiger partial charge in [-0.25, -0.2) is 0 Å². The summed E-state index contributed by atoms with van der Waals surface area (Å²) in [4.78, 5) is 0. The molecule has 0 heterocycles. The molecule has 0 spiro atoms. The van der Waals surface area contributed by atoms with Gasteiger partial charge in [-0.15, -0.1) is 0 Å². The van der Waals surface area contributed by atoms with Crippen LogP contribution in [0.4, 0.5) is 0 Å². The first-order valence-electron chi connectivity index (χ1n) is 3.80. The van der Waals surface area contributed by atoms with Crippen molar-refractivity contribution in [2.24, 2.45) is 5.92 Å². The third-order valence-corrected chi connectivity index (χ3v) is 1.91. The second kappa shape index (κ2) is 5.04. The molecule has 0 saturated carbocycles. The van der Waals surface area contributed by atoms with Gasteiger partial charge in [-0.3, -0.25) is 0 Å². The van der Waals surface area contributed by atoms with Gasteiger partial charge in [0, 0.05) is 0 Å². The summed E-state index contributed by atoms with van der Waals surface area (Å²) in [5, 5.41) is 0.510. The topological polar surface area (TPSA) is 9.23 Å². The lowest BCUT2D eigenvalue weighted by atomic mass is 10.0. The number of ether oxygens (including phenoxy) is 1. The average Bonchev–Trinajstić information content (AvgIpc) is 2.05. The number of rotatable bonds is 4. The molecule has 0 N–H and O–H groups in total. The van der Waals surface area contributed by atoms with Crippen LogP contribution in [-0.4, -0.2) is 7.11 Å². The van der Waals surface area contributed by atoms with E-state index in [1.807, 2.05) is 13.8 Å². The first kappa shape index (κ1) is 11.3. The number of halogens is 1. The van der Waals surface area contributed by atoms with E-state index in [-0.39, 0.29) is 0 Å². The molecule has 0 amide bonds. The molecule has 0 radical (unpaired) electrons. The third kappa shape index (κ3) is 2.74. The van der Waals surface area contributed by atoms with Crippen molar-refractivity contribution in [3.8, 4) is 0 Å². The van der Waals surface area contributed by atoms with Crippen LogP contribution in [0.5, 0.6) is 0 Å². The molecular weight excluding hydrogens is 172 g/mol. The minimum Gasteiger partial charge on any atom is -0.495 e. The van der Waals surface area contributed by atoms with Gasteiger partial charge in [0.2, 0.25) is 0 Å². The van der Waals surface area contributed by atoms with Crippen LogP contribution in [0.25, 0.3) is 0 Å². The minimum atomic E-state index is 0.327. The quantitative estimate of drug-likeness (QED) is 0.483. The highest BCUT2D eigenvalue weighted by Crippen LogP contribution is 2.23. The SMILES string of the molecule is C=C/C(Cl)=C(/OC)C(=C)C(C)C. The number of hydrogen-bond donors (Lipinski definition) is 0. The maximum Gasteiger partial charge on any atom is 0.140 e. The molecule has 0 aliphatic heterocycles. The van der Waals surface area contributed by atoms with E-state index in [1.54, 1.807) is 13.2 Å². The zero-order valence-electron chi connectivity index (χ0n) is 7.86. The molecule has 0 aliphatic rings. The van der Waals surface area contributed by atoms with Gasteiger partial charge < -0.3 is 4.74 Å². The fourth-order valence-corrected chi connectivity index (χ4v) is 0.935. The van der Waals surface area contributed by atoms with Crippen molar-refractivity contribution in [3.05, 3.63) is 35.6 Å². The summed E-state index contributed by atoms with van der Waals surface area (Å²) in [7, 11) is 1.58. The number of allylic oxidation sites excluding steroid dienone is 3. The summed E-state index contributed by atoms with van der Waals surface area (Å²) in [6, 6.07) is 0. The molecular formula is C10H15ClO. The van der Waals surface area contributed by atoms with Crippen molar-refractivity contribution in [3.63, 3.8) is 0 Å².